The normalized spacial score (nSPS) is 16.9. The number of hydrogen-bond acceptors (Lipinski definition) is 3. The van der Waals surface area contributed by atoms with Crippen LogP contribution < -0.4 is 10.1 Å². The van der Waals surface area contributed by atoms with Gasteiger partial charge in [-0.25, -0.2) is 4.39 Å². The zero-order chi connectivity index (χ0) is 14.5. The minimum atomic E-state index is -0.775. The van der Waals surface area contributed by atoms with Crippen molar-refractivity contribution in [3.63, 3.8) is 0 Å². The molecule has 1 amide bonds. The third-order valence-corrected chi connectivity index (χ3v) is 3.50. The number of carbonyl (C=O) groups excluding carboxylic acids is 1. The highest BCUT2D eigenvalue weighted by Gasteiger charge is 2.18. The van der Waals surface area contributed by atoms with Crippen molar-refractivity contribution in [2.75, 3.05) is 6.61 Å². The van der Waals surface area contributed by atoms with Crippen molar-refractivity contribution in [2.24, 2.45) is 0 Å². The summed E-state index contributed by atoms with van der Waals surface area (Å²) in [5.74, 6) is -0.458. The Morgan fingerprint density at radius 1 is 1.50 bits per heavy atom. The van der Waals surface area contributed by atoms with Gasteiger partial charge in [-0.05, 0) is 31.9 Å². The smallest absolute Gasteiger partial charge is 0.258 e. The Bertz CT molecular complexity index is 470. The number of rotatable bonds is 5. The van der Waals surface area contributed by atoms with E-state index in [1.54, 1.807) is 6.92 Å². The molecule has 0 aliphatic heterocycles. The summed E-state index contributed by atoms with van der Waals surface area (Å²) >= 11 is 0. The summed E-state index contributed by atoms with van der Waals surface area (Å²) in [4.78, 5) is 11.7. The number of hydrogen-bond donors (Lipinski definition) is 2. The van der Waals surface area contributed by atoms with Crippen LogP contribution in [-0.2, 0) is 4.79 Å². The van der Waals surface area contributed by atoms with Gasteiger partial charge in [0.15, 0.2) is 6.61 Å². The van der Waals surface area contributed by atoms with Crippen molar-refractivity contribution >= 4 is 5.91 Å². The first-order valence-corrected chi connectivity index (χ1v) is 6.96. The maximum atomic E-state index is 13.2. The average Bonchev–Trinajstić information content (AvgIpc) is 2.89. The molecule has 0 heterocycles. The number of halogens is 1. The summed E-state index contributed by atoms with van der Waals surface area (Å²) in [6, 6.07) is 4.14. The van der Waals surface area contributed by atoms with Crippen molar-refractivity contribution in [3.8, 4) is 5.75 Å². The zero-order valence-corrected chi connectivity index (χ0v) is 11.6. The van der Waals surface area contributed by atoms with Crippen LogP contribution in [0.2, 0.25) is 0 Å². The SMILES string of the molecule is CC(O)c1ccc(F)cc1OCC(=O)NC1CCCC1. The highest BCUT2D eigenvalue weighted by atomic mass is 19.1. The quantitative estimate of drug-likeness (QED) is 0.870. The van der Waals surface area contributed by atoms with Crippen LogP contribution in [0.15, 0.2) is 18.2 Å². The number of amides is 1. The number of nitrogens with one attached hydrogen (secondary N) is 1. The largest absolute Gasteiger partial charge is 0.483 e. The Morgan fingerprint density at radius 3 is 2.85 bits per heavy atom. The van der Waals surface area contributed by atoms with Gasteiger partial charge in [-0.2, -0.15) is 0 Å². The first kappa shape index (κ1) is 14.8. The molecule has 0 spiro atoms. The second-order valence-electron chi connectivity index (χ2n) is 5.20. The molecule has 2 rings (SSSR count). The van der Waals surface area contributed by atoms with Crippen LogP contribution in [0.4, 0.5) is 4.39 Å². The highest BCUT2D eigenvalue weighted by molar-refractivity contribution is 5.77. The number of aliphatic hydroxyl groups is 1. The van der Waals surface area contributed by atoms with Gasteiger partial charge in [-0.1, -0.05) is 12.8 Å². The predicted molar refractivity (Wildman–Crippen MR) is 72.9 cm³/mol. The van der Waals surface area contributed by atoms with E-state index in [0.717, 1.165) is 25.7 Å². The minimum Gasteiger partial charge on any atom is -0.483 e. The second kappa shape index (κ2) is 6.70. The third kappa shape index (κ3) is 3.93. The van der Waals surface area contributed by atoms with Crippen LogP contribution in [0.3, 0.4) is 0 Å². The summed E-state index contributed by atoms with van der Waals surface area (Å²) in [7, 11) is 0. The lowest BCUT2D eigenvalue weighted by Crippen LogP contribution is -2.36. The Hall–Kier alpha value is -1.62. The number of carbonyl (C=O) groups is 1. The molecule has 4 nitrogen and oxygen atoms in total. The molecule has 0 bridgehead atoms. The summed E-state index contributed by atoms with van der Waals surface area (Å²) in [6.45, 7) is 1.40. The summed E-state index contributed by atoms with van der Waals surface area (Å²) in [5, 5.41) is 12.5. The van der Waals surface area contributed by atoms with E-state index in [2.05, 4.69) is 5.32 Å². The van der Waals surface area contributed by atoms with E-state index >= 15 is 0 Å². The molecule has 110 valence electrons. The molecule has 0 saturated heterocycles. The molecule has 20 heavy (non-hydrogen) atoms. The maximum Gasteiger partial charge on any atom is 0.258 e. The molecule has 1 aliphatic rings. The van der Waals surface area contributed by atoms with Crippen LogP contribution in [0.1, 0.15) is 44.3 Å². The van der Waals surface area contributed by atoms with Crippen molar-refractivity contribution < 1.29 is 19.0 Å². The molecule has 1 aliphatic carbocycles. The zero-order valence-electron chi connectivity index (χ0n) is 11.6. The van der Waals surface area contributed by atoms with Gasteiger partial charge < -0.3 is 15.2 Å². The van der Waals surface area contributed by atoms with Gasteiger partial charge in [-0.3, -0.25) is 4.79 Å². The molecule has 1 atom stereocenters. The van der Waals surface area contributed by atoms with Crippen LogP contribution in [0, 0.1) is 5.82 Å². The fourth-order valence-corrected chi connectivity index (χ4v) is 2.46. The summed E-state index contributed by atoms with van der Waals surface area (Å²) in [5.41, 5.74) is 0.472. The summed E-state index contributed by atoms with van der Waals surface area (Å²) in [6.07, 6.45) is 3.52. The number of aliphatic hydroxyl groups excluding tert-OH is 1. The van der Waals surface area contributed by atoms with Gasteiger partial charge in [0.2, 0.25) is 0 Å². The van der Waals surface area contributed by atoms with E-state index in [4.69, 9.17) is 4.74 Å². The van der Waals surface area contributed by atoms with Crippen molar-refractivity contribution in [2.45, 2.75) is 44.8 Å². The second-order valence-corrected chi connectivity index (χ2v) is 5.20. The minimum absolute atomic E-state index is 0.167. The highest BCUT2D eigenvalue weighted by Crippen LogP contribution is 2.26. The number of ether oxygens (including phenoxy) is 1. The van der Waals surface area contributed by atoms with Gasteiger partial charge in [0.25, 0.3) is 5.91 Å². The van der Waals surface area contributed by atoms with Crippen molar-refractivity contribution in [1.29, 1.82) is 0 Å². The fourth-order valence-electron chi connectivity index (χ4n) is 2.46. The average molecular weight is 281 g/mol. The molecular formula is C15H20FNO3. The molecule has 1 fully saturated rings. The van der Waals surface area contributed by atoms with Crippen LogP contribution in [0.25, 0.3) is 0 Å². The van der Waals surface area contributed by atoms with E-state index in [0.29, 0.717) is 5.56 Å². The standard InChI is InChI=1S/C15H20FNO3/c1-10(18)13-7-6-11(16)8-14(13)20-9-15(19)17-12-4-2-3-5-12/h6-8,10,12,18H,2-5,9H2,1H3,(H,17,19). The Labute approximate surface area is 117 Å². The predicted octanol–water partition coefficient (Wildman–Crippen LogP) is 2.32. The van der Waals surface area contributed by atoms with E-state index in [1.165, 1.54) is 18.2 Å². The molecule has 5 heteroatoms. The van der Waals surface area contributed by atoms with E-state index < -0.39 is 11.9 Å². The van der Waals surface area contributed by atoms with Gasteiger partial charge in [0.1, 0.15) is 11.6 Å². The van der Waals surface area contributed by atoms with Gasteiger partial charge in [0, 0.05) is 17.7 Å². The third-order valence-electron chi connectivity index (χ3n) is 3.50. The molecule has 0 radical (unpaired) electrons. The van der Waals surface area contributed by atoms with Crippen molar-refractivity contribution in [1.82, 2.24) is 5.32 Å². The lowest BCUT2D eigenvalue weighted by atomic mass is 10.1. The molecule has 2 N–H and O–H groups in total. The fraction of sp³-hybridized carbons (Fsp3) is 0.533. The van der Waals surface area contributed by atoms with Crippen molar-refractivity contribution in [3.05, 3.63) is 29.6 Å². The molecule has 1 aromatic rings. The van der Waals surface area contributed by atoms with Gasteiger partial charge >= 0.3 is 0 Å². The molecule has 0 aromatic heterocycles. The Kier molecular flexibility index (Phi) is 4.95. The molecule has 1 saturated carbocycles. The van der Waals surface area contributed by atoms with Crippen LogP contribution in [-0.4, -0.2) is 23.7 Å². The van der Waals surface area contributed by atoms with Crippen LogP contribution >= 0.6 is 0 Å². The first-order chi connectivity index (χ1) is 9.56. The van der Waals surface area contributed by atoms with Gasteiger partial charge in [0.05, 0.1) is 6.10 Å². The molecular weight excluding hydrogens is 261 g/mol. The lowest BCUT2D eigenvalue weighted by Gasteiger charge is -2.15. The topological polar surface area (TPSA) is 58.6 Å². The summed E-state index contributed by atoms with van der Waals surface area (Å²) < 4.78 is 18.5. The first-order valence-electron chi connectivity index (χ1n) is 6.96. The molecule has 1 unspecified atom stereocenters. The van der Waals surface area contributed by atoms with E-state index in [9.17, 15) is 14.3 Å². The lowest BCUT2D eigenvalue weighted by molar-refractivity contribution is -0.123. The van der Waals surface area contributed by atoms with Gasteiger partial charge in [-0.15, -0.1) is 0 Å². The maximum absolute atomic E-state index is 13.2. The Balaban J connectivity index is 1.92. The Morgan fingerprint density at radius 2 is 2.20 bits per heavy atom. The van der Waals surface area contributed by atoms with E-state index in [-0.39, 0.29) is 24.3 Å². The molecule has 1 aromatic carbocycles. The van der Waals surface area contributed by atoms with Crippen LogP contribution in [0.5, 0.6) is 5.75 Å². The van der Waals surface area contributed by atoms with E-state index in [1.807, 2.05) is 0 Å². The monoisotopic (exact) mass is 281 g/mol. The number of benzene rings is 1.